The van der Waals surface area contributed by atoms with Gasteiger partial charge in [-0.2, -0.15) is 0 Å². The zero-order chi connectivity index (χ0) is 20.3. The van der Waals surface area contributed by atoms with Crippen LogP contribution in [0.25, 0.3) is 0 Å². The van der Waals surface area contributed by atoms with Gasteiger partial charge in [0.05, 0.1) is 12.2 Å². The molecule has 148 valence electrons. The van der Waals surface area contributed by atoms with Crippen LogP contribution in [0, 0.1) is 0 Å². The predicted molar refractivity (Wildman–Crippen MR) is 102 cm³/mol. The number of hydrogen-bond donors (Lipinski definition) is 0. The van der Waals surface area contributed by atoms with Crippen LogP contribution >= 0.6 is 0 Å². The van der Waals surface area contributed by atoms with E-state index in [2.05, 4.69) is 9.73 Å². The zero-order valence-corrected chi connectivity index (χ0v) is 18.1. The van der Waals surface area contributed by atoms with Crippen molar-refractivity contribution in [2.24, 2.45) is 4.99 Å². The average molecular weight is 352 g/mol. The number of esters is 1. The summed E-state index contributed by atoms with van der Waals surface area (Å²) >= 11 is 0. The number of aliphatic imine (C=N–C) groups is 1. The van der Waals surface area contributed by atoms with Crippen LogP contribution in [-0.2, 0) is 23.7 Å². The van der Waals surface area contributed by atoms with Crippen LogP contribution < -0.4 is 0 Å². The summed E-state index contributed by atoms with van der Waals surface area (Å²) in [5.41, 5.74) is 1.13. The fraction of sp³-hybridized carbons (Fsp3) is 0.889. The number of hydrogen-bond acceptors (Lipinski definition) is 6. The lowest BCUT2D eigenvalue weighted by Crippen LogP contribution is -2.24. The molecule has 0 amide bonds. The molecular weight excluding hydrogens is 310 g/mol. The van der Waals surface area contributed by atoms with Crippen LogP contribution in [0.2, 0.25) is 0 Å². The van der Waals surface area contributed by atoms with Crippen LogP contribution in [-0.4, -0.2) is 58.1 Å². The molecule has 0 saturated heterocycles. The molecule has 6 nitrogen and oxygen atoms in total. The lowest BCUT2D eigenvalue weighted by atomic mass is 10.4. The number of methoxy groups -OCH3 is 3. The second-order valence-corrected chi connectivity index (χ2v) is 5.92. The first-order chi connectivity index (χ1) is 10.8. The summed E-state index contributed by atoms with van der Waals surface area (Å²) in [6, 6.07) is 0. The highest BCUT2D eigenvalue weighted by molar-refractivity contribution is 5.78. The van der Waals surface area contributed by atoms with Gasteiger partial charge in [0.1, 0.15) is 0 Å². The molecule has 0 bridgehead atoms. The number of carbonyl (C=O) groups excluding carboxylic acids is 1. The van der Waals surface area contributed by atoms with E-state index in [0.717, 1.165) is 5.71 Å². The molecule has 0 aliphatic heterocycles. The maximum atomic E-state index is 10.0. The van der Waals surface area contributed by atoms with Crippen LogP contribution in [0.1, 0.15) is 62.3 Å². The molecule has 6 heteroatoms. The Morgan fingerprint density at radius 3 is 1.17 bits per heavy atom. The summed E-state index contributed by atoms with van der Waals surface area (Å²) in [6.07, 6.45) is 0.410. The minimum atomic E-state index is -0.417. The van der Waals surface area contributed by atoms with Gasteiger partial charge in [-0.1, -0.05) is 0 Å². The largest absolute Gasteiger partial charge is 0.463 e. The second-order valence-electron chi connectivity index (χ2n) is 5.92. The van der Waals surface area contributed by atoms with Crippen molar-refractivity contribution in [3.05, 3.63) is 0 Å². The van der Waals surface area contributed by atoms with Crippen LogP contribution in [0.4, 0.5) is 0 Å². The number of carbonyl (C=O) groups is 1. The molecule has 0 spiro atoms. The topological polar surface area (TPSA) is 66.4 Å². The lowest BCUT2D eigenvalue weighted by Gasteiger charge is -2.19. The van der Waals surface area contributed by atoms with Crippen molar-refractivity contribution in [1.29, 1.82) is 0 Å². The van der Waals surface area contributed by atoms with Gasteiger partial charge in [-0.15, -0.1) is 0 Å². The molecule has 0 aliphatic carbocycles. The number of rotatable bonds is 4. The van der Waals surface area contributed by atoms with Gasteiger partial charge in [-0.25, -0.2) is 0 Å². The number of ether oxygens (including phenoxy) is 4. The standard InChI is InChI=1S/C5H12O2.C5H10O2.C4H9N.C4H10O/c1-5(2,6-3)7-4;1-4(2)7-5(3)6;2*1-4(2)5-3/h1-4H3;4H,1-3H3;1-3H3;4H,1-3H3. The average Bonchev–Trinajstić information content (AvgIpc) is 2.47. The Labute approximate surface area is 149 Å². The van der Waals surface area contributed by atoms with E-state index in [-0.39, 0.29) is 12.1 Å². The SMILES string of the molecule is CC(=O)OC(C)C.CN=C(C)C.COC(C)(C)OC.COC(C)C. The van der Waals surface area contributed by atoms with E-state index in [1.165, 1.54) is 6.92 Å². The first-order valence-electron chi connectivity index (χ1n) is 7.99. The molecule has 0 aromatic carbocycles. The van der Waals surface area contributed by atoms with Gasteiger partial charge < -0.3 is 18.9 Å². The Morgan fingerprint density at radius 2 is 1.17 bits per heavy atom. The minimum absolute atomic E-state index is 0.0255. The Kier molecular flexibility index (Phi) is 25.8. The third-order valence-electron chi connectivity index (χ3n) is 2.30. The quantitative estimate of drug-likeness (QED) is 0.433. The van der Waals surface area contributed by atoms with Crippen molar-refractivity contribution >= 4 is 11.7 Å². The molecule has 24 heavy (non-hydrogen) atoms. The third kappa shape index (κ3) is 49.7. The fourth-order valence-electron chi connectivity index (χ4n) is 0.415. The minimum Gasteiger partial charge on any atom is -0.463 e. The second kappa shape index (κ2) is 20.1. The van der Waals surface area contributed by atoms with E-state index in [0.29, 0.717) is 6.10 Å². The van der Waals surface area contributed by atoms with Gasteiger partial charge in [0.2, 0.25) is 0 Å². The van der Waals surface area contributed by atoms with Crippen molar-refractivity contribution in [1.82, 2.24) is 0 Å². The Bertz CT molecular complexity index is 290. The molecule has 0 N–H and O–H groups in total. The summed E-state index contributed by atoms with van der Waals surface area (Å²) in [7, 11) is 6.72. The predicted octanol–water partition coefficient (Wildman–Crippen LogP) is 4.11. The number of nitrogens with zero attached hydrogens (tertiary/aromatic N) is 1. The maximum absolute atomic E-state index is 10.0. The van der Waals surface area contributed by atoms with Gasteiger partial charge in [0, 0.05) is 41.0 Å². The highest BCUT2D eigenvalue weighted by Gasteiger charge is 2.11. The van der Waals surface area contributed by atoms with Crippen LogP contribution in [0.3, 0.4) is 0 Å². The molecule has 0 unspecified atom stereocenters. The normalized spacial score (nSPS) is 9.62. The first-order valence-corrected chi connectivity index (χ1v) is 7.99. The first kappa shape index (κ1) is 30.9. The van der Waals surface area contributed by atoms with Gasteiger partial charge in [-0.05, 0) is 55.4 Å². The van der Waals surface area contributed by atoms with E-state index in [1.54, 1.807) is 28.4 Å². The monoisotopic (exact) mass is 351 g/mol. The van der Waals surface area contributed by atoms with E-state index < -0.39 is 5.79 Å². The van der Waals surface area contributed by atoms with E-state index >= 15 is 0 Å². The molecule has 0 aliphatic rings. The van der Waals surface area contributed by atoms with Gasteiger partial charge in [-0.3, -0.25) is 9.79 Å². The van der Waals surface area contributed by atoms with Crippen molar-refractivity contribution in [3.63, 3.8) is 0 Å². The van der Waals surface area contributed by atoms with E-state index in [1.807, 2.05) is 55.4 Å². The highest BCUT2D eigenvalue weighted by atomic mass is 16.7. The van der Waals surface area contributed by atoms with Gasteiger partial charge >= 0.3 is 5.97 Å². The van der Waals surface area contributed by atoms with Crippen molar-refractivity contribution in [2.75, 3.05) is 28.4 Å². The highest BCUT2D eigenvalue weighted by Crippen LogP contribution is 2.05. The van der Waals surface area contributed by atoms with Crippen molar-refractivity contribution in [2.45, 2.75) is 80.3 Å². The summed E-state index contributed by atoms with van der Waals surface area (Å²) < 4.78 is 19.1. The van der Waals surface area contributed by atoms with Crippen LogP contribution in [0.15, 0.2) is 4.99 Å². The maximum Gasteiger partial charge on any atom is 0.302 e. The molecular formula is C18H41NO5. The molecule has 0 fully saturated rings. The molecule has 0 saturated carbocycles. The third-order valence-corrected chi connectivity index (χ3v) is 2.30. The molecule has 0 radical (unpaired) electrons. The van der Waals surface area contributed by atoms with Gasteiger partial charge in [0.15, 0.2) is 5.79 Å². The Morgan fingerprint density at radius 1 is 0.875 bits per heavy atom. The smallest absolute Gasteiger partial charge is 0.302 e. The zero-order valence-electron chi connectivity index (χ0n) is 18.1. The van der Waals surface area contributed by atoms with Crippen LogP contribution in [0.5, 0.6) is 0 Å². The van der Waals surface area contributed by atoms with Crippen molar-refractivity contribution < 1.29 is 23.7 Å². The summed E-state index contributed by atoms with van der Waals surface area (Å²) in [5.74, 6) is -0.630. The fourth-order valence-corrected chi connectivity index (χ4v) is 0.415. The molecule has 0 aromatic rings. The molecule has 0 aromatic heterocycles. The molecule has 0 rings (SSSR count). The molecule has 0 atom stereocenters. The van der Waals surface area contributed by atoms with Crippen molar-refractivity contribution in [3.8, 4) is 0 Å². The Hall–Kier alpha value is -0.980. The summed E-state index contributed by atoms with van der Waals surface area (Å²) in [6.45, 7) is 16.7. The molecule has 0 heterocycles. The summed E-state index contributed by atoms with van der Waals surface area (Å²) in [4.78, 5) is 13.8. The lowest BCUT2D eigenvalue weighted by molar-refractivity contribution is -0.178. The van der Waals surface area contributed by atoms with E-state index in [9.17, 15) is 4.79 Å². The summed E-state index contributed by atoms with van der Waals surface area (Å²) in [5, 5.41) is 0. The van der Waals surface area contributed by atoms with Gasteiger partial charge in [0.25, 0.3) is 0 Å². The van der Waals surface area contributed by atoms with E-state index in [4.69, 9.17) is 14.2 Å². The Balaban J connectivity index is -0.000000113.